The Morgan fingerprint density at radius 2 is 2.36 bits per heavy atom. The molecule has 0 spiro atoms. The van der Waals surface area contributed by atoms with Crippen LogP contribution >= 0.6 is 0 Å². The molecule has 6 heteroatoms. The lowest BCUT2D eigenvalue weighted by atomic mass is 9.74. The van der Waals surface area contributed by atoms with E-state index in [9.17, 15) is 9.90 Å². The van der Waals surface area contributed by atoms with Gasteiger partial charge in [-0.2, -0.15) is 0 Å². The summed E-state index contributed by atoms with van der Waals surface area (Å²) in [5, 5.41) is 11.0. The summed E-state index contributed by atoms with van der Waals surface area (Å²) in [5.74, 6) is -0.383. The SMILES string of the molecule is CC(=O)O[C@@H]1C[C@H](c2ccncc2N)O[C@@H]2CCCC[C@]12O. The van der Waals surface area contributed by atoms with Crippen molar-refractivity contribution in [2.45, 2.75) is 62.9 Å². The maximum Gasteiger partial charge on any atom is 0.303 e. The fourth-order valence-corrected chi connectivity index (χ4v) is 3.62. The van der Waals surface area contributed by atoms with Gasteiger partial charge in [-0.3, -0.25) is 9.78 Å². The Labute approximate surface area is 129 Å². The van der Waals surface area contributed by atoms with Gasteiger partial charge in [0, 0.05) is 25.1 Å². The molecule has 120 valence electrons. The first-order valence-electron chi connectivity index (χ1n) is 7.75. The van der Waals surface area contributed by atoms with E-state index in [2.05, 4.69) is 4.98 Å². The molecule has 1 aromatic heterocycles. The van der Waals surface area contributed by atoms with Gasteiger partial charge in [0.05, 0.1) is 24.1 Å². The second-order valence-corrected chi connectivity index (χ2v) is 6.19. The topological polar surface area (TPSA) is 94.7 Å². The highest BCUT2D eigenvalue weighted by Gasteiger charge is 2.53. The van der Waals surface area contributed by atoms with Crippen LogP contribution in [0, 0.1) is 0 Å². The Balaban J connectivity index is 1.90. The second kappa shape index (κ2) is 5.85. The molecule has 3 rings (SSSR count). The molecule has 1 aliphatic heterocycles. The van der Waals surface area contributed by atoms with E-state index in [1.165, 1.54) is 6.92 Å². The number of hydrogen-bond acceptors (Lipinski definition) is 6. The van der Waals surface area contributed by atoms with Gasteiger partial charge < -0.3 is 20.3 Å². The van der Waals surface area contributed by atoms with Crippen molar-refractivity contribution < 1.29 is 19.4 Å². The van der Waals surface area contributed by atoms with Crippen LogP contribution in [-0.4, -0.2) is 33.9 Å². The highest BCUT2D eigenvalue weighted by atomic mass is 16.6. The number of anilines is 1. The Hall–Kier alpha value is -1.66. The summed E-state index contributed by atoms with van der Waals surface area (Å²) < 4.78 is 11.6. The van der Waals surface area contributed by atoms with Gasteiger partial charge in [0.1, 0.15) is 11.7 Å². The number of aliphatic hydroxyl groups is 1. The van der Waals surface area contributed by atoms with Crippen molar-refractivity contribution in [2.75, 3.05) is 5.73 Å². The molecule has 0 bridgehead atoms. The van der Waals surface area contributed by atoms with E-state index >= 15 is 0 Å². The molecule has 0 radical (unpaired) electrons. The van der Waals surface area contributed by atoms with Crippen LogP contribution in [0.3, 0.4) is 0 Å². The summed E-state index contributed by atoms with van der Waals surface area (Å²) in [6.45, 7) is 1.37. The summed E-state index contributed by atoms with van der Waals surface area (Å²) >= 11 is 0. The van der Waals surface area contributed by atoms with Gasteiger partial charge >= 0.3 is 5.97 Å². The summed E-state index contributed by atoms with van der Waals surface area (Å²) in [5.41, 5.74) is 6.28. The normalized spacial score (nSPS) is 34.7. The third-order valence-electron chi connectivity index (χ3n) is 4.71. The standard InChI is InChI=1S/C16H22N2O4/c1-10(19)21-15-8-13(11-5-7-18-9-12(11)17)22-14-4-2-3-6-16(14,15)20/h5,7,9,13-15,20H,2-4,6,8,17H2,1H3/t13-,14-,15-,16-/m1/s1. The quantitative estimate of drug-likeness (QED) is 0.808. The number of nitrogens with zero attached hydrogens (tertiary/aromatic N) is 1. The van der Waals surface area contributed by atoms with Crippen LogP contribution in [0.4, 0.5) is 5.69 Å². The van der Waals surface area contributed by atoms with Crippen molar-refractivity contribution in [1.29, 1.82) is 0 Å². The molecule has 22 heavy (non-hydrogen) atoms. The maximum absolute atomic E-state index is 11.4. The summed E-state index contributed by atoms with van der Waals surface area (Å²) in [6.07, 6.45) is 5.71. The average Bonchev–Trinajstić information content (AvgIpc) is 2.48. The number of ether oxygens (including phenoxy) is 2. The lowest BCUT2D eigenvalue weighted by Gasteiger charge is -2.50. The molecule has 1 aromatic rings. The predicted octanol–water partition coefficient (Wildman–Crippen LogP) is 1.73. The van der Waals surface area contributed by atoms with E-state index in [1.807, 2.05) is 6.07 Å². The van der Waals surface area contributed by atoms with E-state index in [0.717, 1.165) is 24.8 Å². The molecular formula is C16H22N2O4. The number of rotatable bonds is 2. The summed E-state index contributed by atoms with van der Waals surface area (Å²) in [6, 6.07) is 1.82. The highest BCUT2D eigenvalue weighted by Crippen LogP contribution is 2.46. The molecule has 2 fully saturated rings. The fourth-order valence-electron chi connectivity index (χ4n) is 3.62. The van der Waals surface area contributed by atoms with Crippen molar-refractivity contribution in [1.82, 2.24) is 4.98 Å². The minimum absolute atomic E-state index is 0.296. The highest BCUT2D eigenvalue weighted by molar-refractivity contribution is 5.66. The predicted molar refractivity (Wildman–Crippen MR) is 79.9 cm³/mol. The zero-order valence-electron chi connectivity index (χ0n) is 12.7. The molecule has 3 N–H and O–H groups in total. The molecule has 0 unspecified atom stereocenters. The second-order valence-electron chi connectivity index (χ2n) is 6.19. The number of nitrogens with two attached hydrogens (primary N) is 1. The Kier molecular flexibility index (Phi) is 4.06. The Morgan fingerprint density at radius 1 is 1.55 bits per heavy atom. The third-order valence-corrected chi connectivity index (χ3v) is 4.71. The average molecular weight is 306 g/mol. The number of hydrogen-bond donors (Lipinski definition) is 2. The number of nitrogen functional groups attached to an aromatic ring is 1. The van der Waals surface area contributed by atoms with Crippen molar-refractivity contribution in [2.24, 2.45) is 0 Å². The molecule has 6 nitrogen and oxygen atoms in total. The number of carbonyl (C=O) groups is 1. The first kappa shape index (κ1) is 15.2. The molecule has 2 aliphatic rings. The number of aromatic nitrogens is 1. The van der Waals surface area contributed by atoms with Crippen LogP contribution in [0.5, 0.6) is 0 Å². The largest absolute Gasteiger partial charge is 0.459 e. The molecule has 0 amide bonds. The molecule has 1 saturated carbocycles. The van der Waals surface area contributed by atoms with Crippen LogP contribution in [0.2, 0.25) is 0 Å². The number of carbonyl (C=O) groups excluding carboxylic acids is 1. The first-order chi connectivity index (χ1) is 10.5. The van der Waals surface area contributed by atoms with Crippen LogP contribution in [0.15, 0.2) is 18.5 Å². The van der Waals surface area contributed by atoms with Crippen molar-refractivity contribution >= 4 is 11.7 Å². The van der Waals surface area contributed by atoms with Gasteiger partial charge in [-0.05, 0) is 18.9 Å². The van der Waals surface area contributed by atoms with Crippen molar-refractivity contribution in [3.05, 3.63) is 24.0 Å². The molecule has 4 atom stereocenters. The summed E-state index contributed by atoms with van der Waals surface area (Å²) in [7, 11) is 0. The summed E-state index contributed by atoms with van der Waals surface area (Å²) in [4.78, 5) is 15.4. The first-order valence-corrected chi connectivity index (χ1v) is 7.75. The lowest BCUT2D eigenvalue weighted by molar-refractivity contribution is -0.249. The van der Waals surface area contributed by atoms with E-state index < -0.39 is 11.7 Å². The lowest BCUT2D eigenvalue weighted by Crippen LogP contribution is -2.60. The molecule has 0 aromatic carbocycles. The van der Waals surface area contributed by atoms with Crippen LogP contribution in [0.25, 0.3) is 0 Å². The van der Waals surface area contributed by atoms with Gasteiger partial charge in [0.15, 0.2) is 0 Å². The smallest absolute Gasteiger partial charge is 0.303 e. The third kappa shape index (κ3) is 2.68. The van der Waals surface area contributed by atoms with E-state index in [0.29, 0.717) is 18.5 Å². The van der Waals surface area contributed by atoms with Gasteiger partial charge in [0.2, 0.25) is 0 Å². The van der Waals surface area contributed by atoms with Gasteiger partial charge in [-0.25, -0.2) is 0 Å². The van der Waals surface area contributed by atoms with Crippen LogP contribution in [0.1, 0.15) is 50.7 Å². The zero-order valence-corrected chi connectivity index (χ0v) is 12.7. The molecule has 1 aliphatic carbocycles. The van der Waals surface area contributed by atoms with E-state index in [4.69, 9.17) is 15.2 Å². The molecular weight excluding hydrogens is 284 g/mol. The van der Waals surface area contributed by atoms with Gasteiger partial charge in [0.25, 0.3) is 0 Å². The number of fused-ring (bicyclic) bond motifs is 1. The minimum atomic E-state index is -1.10. The van der Waals surface area contributed by atoms with Crippen molar-refractivity contribution in [3.8, 4) is 0 Å². The van der Waals surface area contributed by atoms with Crippen LogP contribution < -0.4 is 5.73 Å². The molecule has 1 saturated heterocycles. The monoisotopic (exact) mass is 306 g/mol. The Bertz CT molecular complexity index is 565. The fraction of sp³-hybridized carbons (Fsp3) is 0.625. The number of esters is 1. The van der Waals surface area contributed by atoms with Crippen LogP contribution in [-0.2, 0) is 14.3 Å². The zero-order chi connectivity index (χ0) is 15.7. The van der Waals surface area contributed by atoms with Crippen molar-refractivity contribution in [3.63, 3.8) is 0 Å². The maximum atomic E-state index is 11.4. The Morgan fingerprint density at radius 3 is 3.09 bits per heavy atom. The molecule has 2 heterocycles. The number of pyridine rings is 1. The van der Waals surface area contributed by atoms with Gasteiger partial charge in [-0.15, -0.1) is 0 Å². The van der Waals surface area contributed by atoms with Gasteiger partial charge in [-0.1, -0.05) is 12.8 Å². The van der Waals surface area contributed by atoms with E-state index in [1.54, 1.807) is 12.4 Å². The minimum Gasteiger partial charge on any atom is -0.459 e. The van der Waals surface area contributed by atoms with E-state index in [-0.39, 0.29) is 18.2 Å².